The van der Waals surface area contributed by atoms with Gasteiger partial charge in [-0.05, 0) is 35.9 Å². The topological polar surface area (TPSA) is 84.2 Å². The number of imide groups is 1. The van der Waals surface area contributed by atoms with Crippen LogP contribution in [0.1, 0.15) is 42.3 Å². The van der Waals surface area contributed by atoms with Crippen molar-refractivity contribution >= 4 is 23.3 Å². The van der Waals surface area contributed by atoms with E-state index in [9.17, 15) is 9.59 Å². The van der Waals surface area contributed by atoms with Crippen LogP contribution in [-0.4, -0.2) is 18.0 Å². The van der Waals surface area contributed by atoms with Crippen LogP contribution < -0.4 is 16.4 Å². The summed E-state index contributed by atoms with van der Waals surface area (Å²) in [5.41, 5.74) is 7.39. The molecule has 0 radical (unpaired) electrons. The standard InChI is InChI=1S/C18H23N3O2S/c1-3-5-13-7-9-14(10-8-13)16(15-6-4-11-24-15)20-12(2)17(22)21-18(19)23/h4,6-12,16,20H,3,5H2,1-2H3,(H3,19,21,22,23)/t12-,16+/m0/s1. The van der Waals surface area contributed by atoms with Crippen LogP contribution in [0.15, 0.2) is 41.8 Å². The highest BCUT2D eigenvalue weighted by Gasteiger charge is 2.22. The molecule has 1 aromatic carbocycles. The highest BCUT2D eigenvalue weighted by Crippen LogP contribution is 2.27. The maximum absolute atomic E-state index is 12.0. The molecule has 3 amide bonds. The van der Waals surface area contributed by atoms with Crippen molar-refractivity contribution in [1.29, 1.82) is 0 Å². The Morgan fingerprint density at radius 2 is 1.92 bits per heavy atom. The van der Waals surface area contributed by atoms with Gasteiger partial charge in [0.05, 0.1) is 12.1 Å². The van der Waals surface area contributed by atoms with E-state index < -0.39 is 18.0 Å². The fourth-order valence-electron chi connectivity index (χ4n) is 2.52. The number of primary amides is 1. The number of benzene rings is 1. The Morgan fingerprint density at radius 1 is 1.21 bits per heavy atom. The molecule has 0 aliphatic heterocycles. The molecule has 24 heavy (non-hydrogen) atoms. The van der Waals surface area contributed by atoms with Crippen molar-refractivity contribution in [2.75, 3.05) is 0 Å². The average molecular weight is 345 g/mol. The first-order valence-electron chi connectivity index (χ1n) is 7.99. The molecule has 1 heterocycles. The monoisotopic (exact) mass is 345 g/mol. The Hall–Kier alpha value is -2.18. The molecule has 0 unspecified atom stereocenters. The van der Waals surface area contributed by atoms with Gasteiger partial charge in [-0.2, -0.15) is 0 Å². The lowest BCUT2D eigenvalue weighted by Crippen LogP contribution is -2.47. The minimum atomic E-state index is -0.842. The number of hydrogen-bond donors (Lipinski definition) is 3. The molecule has 128 valence electrons. The molecule has 0 aliphatic rings. The van der Waals surface area contributed by atoms with Gasteiger partial charge in [0, 0.05) is 4.88 Å². The Balaban J connectivity index is 2.19. The van der Waals surface area contributed by atoms with Gasteiger partial charge in [-0.3, -0.25) is 15.4 Å². The van der Waals surface area contributed by atoms with Gasteiger partial charge in [-0.25, -0.2) is 4.79 Å². The molecule has 0 saturated carbocycles. The molecule has 4 N–H and O–H groups in total. The Morgan fingerprint density at radius 3 is 2.46 bits per heavy atom. The van der Waals surface area contributed by atoms with E-state index in [-0.39, 0.29) is 6.04 Å². The first kappa shape index (κ1) is 18.2. The van der Waals surface area contributed by atoms with Crippen LogP contribution in [0.4, 0.5) is 4.79 Å². The van der Waals surface area contributed by atoms with Crippen LogP contribution in [0.5, 0.6) is 0 Å². The lowest BCUT2D eigenvalue weighted by molar-refractivity contribution is -0.121. The third kappa shape index (κ3) is 4.91. The number of thiophene rings is 1. The molecular formula is C18H23N3O2S. The Kier molecular flexibility index (Phi) is 6.52. The molecule has 1 aromatic heterocycles. The Bertz CT molecular complexity index is 668. The van der Waals surface area contributed by atoms with Crippen molar-refractivity contribution in [3.05, 3.63) is 57.8 Å². The molecule has 0 aliphatic carbocycles. The molecule has 0 bridgehead atoms. The average Bonchev–Trinajstić information content (AvgIpc) is 3.07. The van der Waals surface area contributed by atoms with Crippen molar-refractivity contribution in [1.82, 2.24) is 10.6 Å². The molecular weight excluding hydrogens is 322 g/mol. The van der Waals surface area contributed by atoms with Crippen LogP contribution in [-0.2, 0) is 11.2 Å². The lowest BCUT2D eigenvalue weighted by Gasteiger charge is -2.22. The zero-order valence-electron chi connectivity index (χ0n) is 13.9. The number of urea groups is 1. The van der Waals surface area contributed by atoms with Gasteiger partial charge in [0.15, 0.2) is 0 Å². The lowest BCUT2D eigenvalue weighted by atomic mass is 10.0. The van der Waals surface area contributed by atoms with Crippen LogP contribution >= 0.6 is 11.3 Å². The largest absolute Gasteiger partial charge is 0.351 e. The van der Waals surface area contributed by atoms with Gasteiger partial charge in [-0.1, -0.05) is 43.7 Å². The summed E-state index contributed by atoms with van der Waals surface area (Å²) in [6.45, 7) is 3.87. The predicted molar refractivity (Wildman–Crippen MR) is 96.9 cm³/mol. The zero-order valence-corrected chi connectivity index (χ0v) is 14.7. The van der Waals surface area contributed by atoms with E-state index in [0.717, 1.165) is 23.3 Å². The van der Waals surface area contributed by atoms with Gasteiger partial charge in [0.1, 0.15) is 0 Å². The van der Waals surface area contributed by atoms with Crippen molar-refractivity contribution in [2.45, 2.75) is 38.8 Å². The van der Waals surface area contributed by atoms with E-state index in [4.69, 9.17) is 5.73 Å². The molecule has 0 fully saturated rings. The third-order valence-electron chi connectivity index (χ3n) is 3.74. The number of aryl methyl sites for hydroxylation is 1. The van der Waals surface area contributed by atoms with Crippen molar-refractivity contribution in [3.8, 4) is 0 Å². The van der Waals surface area contributed by atoms with Crippen LogP contribution in [0.25, 0.3) is 0 Å². The number of rotatable bonds is 7. The molecule has 0 spiro atoms. The van der Waals surface area contributed by atoms with E-state index in [2.05, 4.69) is 41.8 Å². The number of hydrogen-bond acceptors (Lipinski definition) is 4. The summed E-state index contributed by atoms with van der Waals surface area (Å²) >= 11 is 1.62. The highest BCUT2D eigenvalue weighted by atomic mass is 32.1. The van der Waals surface area contributed by atoms with Crippen LogP contribution in [0.3, 0.4) is 0 Å². The third-order valence-corrected chi connectivity index (χ3v) is 4.67. The van der Waals surface area contributed by atoms with E-state index in [1.807, 2.05) is 17.5 Å². The second-order valence-electron chi connectivity index (χ2n) is 5.68. The number of amides is 3. The Labute approximate surface area is 146 Å². The normalized spacial score (nSPS) is 13.2. The van der Waals surface area contributed by atoms with Gasteiger partial charge in [-0.15, -0.1) is 11.3 Å². The van der Waals surface area contributed by atoms with Gasteiger partial charge >= 0.3 is 6.03 Å². The van der Waals surface area contributed by atoms with E-state index in [1.54, 1.807) is 18.3 Å². The summed E-state index contributed by atoms with van der Waals surface area (Å²) in [4.78, 5) is 23.9. The summed E-state index contributed by atoms with van der Waals surface area (Å²) in [6, 6.07) is 10.9. The summed E-state index contributed by atoms with van der Waals surface area (Å²) in [5.74, 6) is -0.438. The van der Waals surface area contributed by atoms with E-state index >= 15 is 0 Å². The number of nitrogens with one attached hydrogen (secondary N) is 2. The first-order valence-corrected chi connectivity index (χ1v) is 8.87. The molecule has 5 nitrogen and oxygen atoms in total. The highest BCUT2D eigenvalue weighted by molar-refractivity contribution is 7.10. The molecule has 2 atom stereocenters. The minimum Gasteiger partial charge on any atom is -0.351 e. The van der Waals surface area contributed by atoms with Crippen molar-refractivity contribution in [2.24, 2.45) is 5.73 Å². The van der Waals surface area contributed by atoms with Crippen molar-refractivity contribution < 1.29 is 9.59 Å². The quantitative estimate of drug-likeness (QED) is 0.721. The maximum atomic E-state index is 12.0. The second-order valence-corrected chi connectivity index (χ2v) is 6.66. The summed E-state index contributed by atoms with van der Waals surface area (Å²) in [7, 11) is 0. The fraction of sp³-hybridized carbons (Fsp3) is 0.333. The van der Waals surface area contributed by atoms with Gasteiger partial charge in [0.2, 0.25) is 5.91 Å². The second kappa shape index (κ2) is 8.61. The molecule has 2 rings (SSSR count). The maximum Gasteiger partial charge on any atom is 0.318 e. The van der Waals surface area contributed by atoms with E-state index in [0.29, 0.717) is 0 Å². The van der Waals surface area contributed by atoms with Gasteiger partial charge < -0.3 is 5.73 Å². The molecule has 6 heteroatoms. The molecule has 0 saturated heterocycles. The summed E-state index contributed by atoms with van der Waals surface area (Å²) in [5, 5.41) is 7.40. The van der Waals surface area contributed by atoms with Gasteiger partial charge in [0.25, 0.3) is 0 Å². The van der Waals surface area contributed by atoms with E-state index in [1.165, 1.54) is 5.56 Å². The predicted octanol–water partition coefficient (Wildman–Crippen LogP) is 2.96. The summed E-state index contributed by atoms with van der Waals surface area (Å²) < 4.78 is 0. The number of carbonyl (C=O) groups is 2. The first-order chi connectivity index (χ1) is 11.5. The smallest absolute Gasteiger partial charge is 0.318 e. The SMILES string of the molecule is CCCc1ccc([C@@H](N[C@@H](C)C(=O)NC(N)=O)c2cccs2)cc1. The van der Waals surface area contributed by atoms with Crippen LogP contribution in [0.2, 0.25) is 0 Å². The number of nitrogens with two attached hydrogens (primary N) is 1. The minimum absolute atomic E-state index is 0.116. The van der Waals surface area contributed by atoms with Crippen molar-refractivity contribution in [3.63, 3.8) is 0 Å². The fourth-order valence-corrected chi connectivity index (χ4v) is 3.33. The number of carbonyl (C=O) groups excluding carboxylic acids is 2. The van der Waals surface area contributed by atoms with Crippen LogP contribution in [0, 0.1) is 0 Å². The summed E-state index contributed by atoms with van der Waals surface area (Å²) in [6.07, 6.45) is 2.16. The molecule has 2 aromatic rings. The zero-order chi connectivity index (χ0) is 17.5.